The lowest BCUT2D eigenvalue weighted by Crippen LogP contribution is -2.37. The third kappa shape index (κ3) is 5.97. The van der Waals surface area contributed by atoms with Crippen LogP contribution in [0.3, 0.4) is 0 Å². The van der Waals surface area contributed by atoms with E-state index in [1.54, 1.807) is 35.2 Å². The molecule has 0 aromatic heterocycles. The fourth-order valence-electron chi connectivity index (χ4n) is 7.88. The smallest absolute Gasteiger partial charge is 0.337 e. The lowest BCUT2D eigenvalue weighted by molar-refractivity contribution is 0.0600. The second kappa shape index (κ2) is 13.6. The first-order chi connectivity index (χ1) is 26.8. The minimum absolute atomic E-state index is 0.0717. The Hall–Kier alpha value is -6.75. The lowest BCUT2D eigenvalue weighted by atomic mass is 10.1. The number of benzene rings is 5. The summed E-state index contributed by atoms with van der Waals surface area (Å²) < 4.78 is 23.3. The number of rotatable bonds is 8. The average molecular weight is 733 g/mol. The Bertz CT molecular complexity index is 2490. The zero-order chi connectivity index (χ0) is 37.8. The topological polar surface area (TPSA) is 119 Å². The first-order valence-corrected chi connectivity index (χ1v) is 18.0. The number of hydrogen-bond acceptors (Lipinski definition) is 9. The van der Waals surface area contributed by atoms with Crippen LogP contribution in [0.4, 0.5) is 22.7 Å². The molecule has 0 aliphatic carbocycles. The molecular formula is C44H36N4O7. The molecule has 274 valence electrons. The monoisotopic (exact) mass is 732 g/mol. The number of nitrogens with zero attached hydrogens (tertiary/aromatic N) is 4. The van der Waals surface area contributed by atoms with E-state index in [0.29, 0.717) is 69.3 Å². The normalized spacial score (nSPS) is 17.3. The van der Waals surface area contributed by atoms with Gasteiger partial charge in [0, 0.05) is 48.8 Å². The van der Waals surface area contributed by atoms with E-state index in [9.17, 15) is 14.4 Å². The SMILES string of the molecule is COC(=O)c1cc(COc2cc3c(cc2C)C(=O)N2c4ccccc4C[C@H]2C=N3)cc(COc2cc3c(cc2OC)C(=O)N2c4ccccc4C[C@H]2C=N3)c1. The molecule has 0 spiro atoms. The van der Waals surface area contributed by atoms with Crippen LogP contribution in [0.2, 0.25) is 0 Å². The molecule has 0 saturated carbocycles. The van der Waals surface area contributed by atoms with E-state index in [4.69, 9.17) is 28.9 Å². The summed E-state index contributed by atoms with van der Waals surface area (Å²) in [7, 11) is 2.85. The molecular weight excluding hydrogens is 697 g/mol. The van der Waals surface area contributed by atoms with Crippen LogP contribution >= 0.6 is 0 Å². The molecule has 2 atom stereocenters. The summed E-state index contributed by atoms with van der Waals surface area (Å²) in [6.45, 7) is 2.09. The van der Waals surface area contributed by atoms with Gasteiger partial charge in [-0.1, -0.05) is 36.4 Å². The number of anilines is 2. The van der Waals surface area contributed by atoms with Crippen molar-refractivity contribution in [3.63, 3.8) is 0 Å². The Labute approximate surface area is 317 Å². The van der Waals surface area contributed by atoms with Crippen molar-refractivity contribution in [3.8, 4) is 17.2 Å². The number of amides is 2. The number of ether oxygens (including phenoxy) is 4. The summed E-state index contributed by atoms with van der Waals surface area (Å²) in [5.41, 5.74) is 8.49. The van der Waals surface area contributed by atoms with Gasteiger partial charge in [-0.15, -0.1) is 0 Å². The van der Waals surface area contributed by atoms with E-state index in [-0.39, 0.29) is 37.1 Å². The number of fused-ring (bicyclic) bond motifs is 8. The van der Waals surface area contributed by atoms with Crippen molar-refractivity contribution in [2.45, 2.75) is 45.1 Å². The molecule has 5 aromatic carbocycles. The highest BCUT2D eigenvalue weighted by atomic mass is 16.5. The number of aliphatic imine (C=N–C) groups is 2. The summed E-state index contributed by atoms with van der Waals surface area (Å²) in [6, 6.07) is 27.8. The molecule has 0 fully saturated rings. The third-order valence-corrected chi connectivity index (χ3v) is 10.5. The molecule has 5 aromatic rings. The predicted molar refractivity (Wildman–Crippen MR) is 208 cm³/mol. The Morgan fingerprint density at radius 1 is 0.673 bits per heavy atom. The van der Waals surface area contributed by atoms with Gasteiger partial charge in [0.1, 0.15) is 19.0 Å². The highest BCUT2D eigenvalue weighted by Crippen LogP contribution is 2.42. The first kappa shape index (κ1) is 34.0. The van der Waals surface area contributed by atoms with Crippen molar-refractivity contribution in [2.24, 2.45) is 9.98 Å². The van der Waals surface area contributed by atoms with Crippen molar-refractivity contribution in [2.75, 3.05) is 24.0 Å². The van der Waals surface area contributed by atoms with Crippen LogP contribution in [0, 0.1) is 6.92 Å². The maximum Gasteiger partial charge on any atom is 0.337 e. The number of aryl methyl sites for hydroxylation is 1. The summed E-state index contributed by atoms with van der Waals surface area (Å²) in [5, 5.41) is 0. The molecule has 0 bridgehead atoms. The van der Waals surface area contributed by atoms with Crippen LogP contribution < -0.4 is 24.0 Å². The molecule has 55 heavy (non-hydrogen) atoms. The average Bonchev–Trinajstić information content (AvgIpc) is 3.70. The highest BCUT2D eigenvalue weighted by molar-refractivity contribution is 6.15. The maximum absolute atomic E-state index is 13.8. The molecule has 4 aliphatic heterocycles. The third-order valence-electron chi connectivity index (χ3n) is 10.5. The summed E-state index contributed by atoms with van der Waals surface area (Å²) in [4.78, 5) is 53.4. The van der Waals surface area contributed by atoms with Gasteiger partial charge in [0.2, 0.25) is 0 Å². The van der Waals surface area contributed by atoms with Gasteiger partial charge in [-0.2, -0.15) is 0 Å². The van der Waals surface area contributed by atoms with Crippen LogP contribution in [0.25, 0.3) is 0 Å². The summed E-state index contributed by atoms with van der Waals surface area (Å²) in [6.07, 6.45) is 5.05. The van der Waals surface area contributed by atoms with Gasteiger partial charge in [-0.05, 0) is 77.2 Å². The van der Waals surface area contributed by atoms with E-state index in [0.717, 1.165) is 28.1 Å². The largest absolute Gasteiger partial charge is 0.493 e. The number of para-hydroxylation sites is 2. The summed E-state index contributed by atoms with van der Waals surface area (Å²) in [5.74, 6) is 0.595. The quantitative estimate of drug-likeness (QED) is 0.151. The predicted octanol–water partition coefficient (Wildman–Crippen LogP) is 7.52. The van der Waals surface area contributed by atoms with Crippen LogP contribution in [0.1, 0.15) is 58.9 Å². The van der Waals surface area contributed by atoms with Gasteiger partial charge < -0.3 is 18.9 Å². The van der Waals surface area contributed by atoms with Crippen LogP contribution in [-0.4, -0.2) is 56.5 Å². The van der Waals surface area contributed by atoms with E-state index in [1.807, 2.05) is 84.9 Å². The van der Waals surface area contributed by atoms with Gasteiger partial charge in [0.25, 0.3) is 11.8 Å². The molecule has 4 heterocycles. The molecule has 9 rings (SSSR count). The van der Waals surface area contributed by atoms with Gasteiger partial charge in [-0.3, -0.25) is 29.4 Å². The second-order valence-corrected chi connectivity index (χ2v) is 14.0. The standard InChI is InChI=1S/C44H36N4O7/c1-25-12-33-35(45-21-31-16-28-8-4-6-10-37(28)47(31)42(33)49)19-39(25)54-23-26-13-27(15-30(14-26)44(51)53-3)24-55-41-20-36-34(18-40(41)52-2)43(50)48-32(22-46-36)17-29-9-5-7-11-38(29)48/h4-15,18-22,31-32H,16-17,23-24H2,1-3H3/t31-,32-/m0/s1. The number of hydrogen-bond donors (Lipinski definition) is 0. The number of esters is 1. The molecule has 2 amide bonds. The minimum atomic E-state index is -0.503. The van der Waals surface area contributed by atoms with Crippen LogP contribution in [0.15, 0.2) is 101 Å². The van der Waals surface area contributed by atoms with E-state index in [2.05, 4.69) is 0 Å². The number of carbonyl (C=O) groups is 3. The Balaban J connectivity index is 0.950. The Morgan fingerprint density at radius 3 is 1.76 bits per heavy atom. The van der Waals surface area contributed by atoms with Gasteiger partial charge in [0.15, 0.2) is 11.5 Å². The Morgan fingerprint density at radius 2 is 1.20 bits per heavy atom. The minimum Gasteiger partial charge on any atom is -0.493 e. The van der Waals surface area contributed by atoms with Crippen molar-refractivity contribution >= 4 is 53.0 Å². The molecule has 0 N–H and O–H groups in total. The van der Waals surface area contributed by atoms with E-state index >= 15 is 0 Å². The van der Waals surface area contributed by atoms with Crippen LogP contribution in [0.5, 0.6) is 17.2 Å². The molecule has 0 unspecified atom stereocenters. The van der Waals surface area contributed by atoms with E-state index < -0.39 is 5.97 Å². The van der Waals surface area contributed by atoms with Crippen molar-refractivity contribution in [3.05, 3.63) is 136 Å². The number of carbonyl (C=O) groups excluding carboxylic acids is 3. The fraction of sp³-hybridized carbons (Fsp3) is 0.205. The fourth-order valence-corrected chi connectivity index (χ4v) is 7.88. The molecule has 0 saturated heterocycles. The first-order valence-electron chi connectivity index (χ1n) is 18.0. The van der Waals surface area contributed by atoms with Crippen molar-refractivity contribution in [1.29, 1.82) is 0 Å². The van der Waals surface area contributed by atoms with E-state index in [1.165, 1.54) is 14.2 Å². The van der Waals surface area contributed by atoms with Gasteiger partial charge in [0.05, 0.1) is 54.4 Å². The molecule has 11 heteroatoms. The Kier molecular flexibility index (Phi) is 8.41. The van der Waals surface area contributed by atoms with Crippen molar-refractivity contribution < 1.29 is 33.3 Å². The number of methoxy groups -OCH3 is 2. The molecule has 0 radical (unpaired) electrons. The van der Waals surface area contributed by atoms with Crippen molar-refractivity contribution in [1.82, 2.24) is 0 Å². The molecule has 4 aliphatic rings. The summed E-state index contributed by atoms with van der Waals surface area (Å²) >= 11 is 0. The second-order valence-electron chi connectivity index (χ2n) is 14.0. The highest BCUT2D eigenvalue weighted by Gasteiger charge is 2.37. The van der Waals surface area contributed by atoms with Crippen LogP contribution in [-0.2, 0) is 30.8 Å². The molecule has 11 nitrogen and oxygen atoms in total. The lowest BCUT2D eigenvalue weighted by Gasteiger charge is -2.22. The van der Waals surface area contributed by atoms with Gasteiger partial charge in [-0.25, -0.2) is 4.79 Å². The maximum atomic E-state index is 13.8. The van der Waals surface area contributed by atoms with Gasteiger partial charge >= 0.3 is 5.97 Å². The zero-order valence-corrected chi connectivity index (χ0v) is 30.4. The zero-order valence-electron chi connectivity index (χ0n) is 30.4.